The van der Waals surface area contributed by atoms with Gasteiger partial charge in [0.25, 0.3) is 0 Å². The number of nitrogens with one attached hydrogen (secondary N) is 2. The summed E-state index contributed by atoms with van der Waals surface area (Å²) in [5, 5.41) is 5.27. The first-order valence-corrected chi connectivity index (χ1v) is 7.06. The average Bonchev–Trinajstić information content (AvgIpc) is 2.33. The number of alkyl carbamates (subject to hydrolysis) is 1. The second-order valence-corrected chi connectivity index (χ2v) is 5.84. The van der Waals surface area contributed by atoms with E-state index in [2.05, 4.69) is 15.6 Å². The minimum atomic E-state index is -0.506. The Morgan fingerprint density at radius 3 is 2.55 bits per heavy atom. The maximum absolute atomic E-state index is 11.5. The van der Waals surface area contributed by atoms with Gasteiger partial charge in [0.15, 0.2) is 0 Å². The van der Waals surface area contributed by atoms with Crippen molar-refractivity contribution >= 4 is 23.9 Å². The van der Waals surface area contributed by atoms with Gasteiger partial charge in [0.05, 0.1) is 0 Å². The van der Waals surface area contributed by atoms with Crippen molar-refractivity contribution in [2.24, 2.45) is 0 Å². The fourth-order valence-corrected chi connectivity index (χ4v) is 1.64. The number of carbonyl (C=O) groups excluding carboxylic acids is 2. The summed E-state index contributed by atoms with van der Waals surface area (Å²) in [6, 6.07) is 3.59. The van der Waals surface area contributed by atoms with Gasteiger partial charge in [-0.1, -0.05) is 12.2 Å². The predicted molar refractivity (Wildman–Crippen MR) is 86.5 cm³/mol. The monoisotopic (exact) mass is 305 g/mol. The maximum atomic E-state index is 11.5. The number of rotatable bonds is 4. The van der Waals surface area contributed by atoms with Crippen LogP contribution in [0.2, 0.25) is 0 Å². The first-order valence-electron chi connectivity index (χ1n) is 7.06. The van der Waals surface area contributed by atoms with Gasteiger partial charge in [0, 0.05) is 19.2 Å². The van der Waals surface area contributed by atoms with Crippen molar-refractivity contribution in [3.05, 3.63) is 29.5 Å². The highest BCUT2D eigenvalue weighted by Gasteiger charge is 2.14. The number of ether oxygens (including phenoxy) is 1. The second kappa shape index (κ2) is 7.59. The summed E-state index contributed by atoms with van der Waals surface area (Å²) in [7, 11) is 0. The molecule has 0 unspecified atom stereocenters. The molecule has 6 heteroatoms. The van der Waals surface area contributed by atoms with Crippen LogP contribution in [0.3, 0.4) is 0 Å². The molecule has 0 bridgehead atoms. The molecule has 22 heavy (non-hydrogen) atoms. The molecule has 1 aromatic rings. The molecular weight excluding hydrogens is 282 g/mol. The summed E-state index contributed by atoms with van der Waals surface area (Å²) in [6.07, 6.45) is 3.22. The number of amides is 2. The molecule has 1 aromatic heterocycles. The van der Waals surface area contributed by atoms with Crippen molar-refractivity contribution in [3.63, 3.8) is 0 Å². The molecule has 1 rings (SSSR count). The molecule has 0 atom stereocenters. The molecule has 0 fully saturated rings. The van der Waals surface area contributed by atoms with Gasteiger partial charge in [-0.3, -0.25) is 4.79 Å². The summed E-state index contributed by atoms with van der Waals surface area (Å²) in [4.78, 5) is 26.7. The van der Waals surface area contributed by atoms with Gasteiger partial charge in [0.2, 0.25) is 5.91 Å². The minimum Gasteiger partial charge on any atom is -0.444 e. The van der Waals surface area contributed by atoms with Gasteiger partial charge in [-0.2, -0.15) is 0 Å². The molecule has 0 saturated carbocycles. The summed E-state index contributed by atoms with van der Waals surface area (Å²) < 4.78 is 5.13. The highest BCUT2D eigenvalue weighted by atomic mass is 16.6. The average molecular weight is 305 g/mol. The number of carbonyl (C=O) groups is 2. The highest BCUT2D eigenvalue weighted by Crippen LogP contribution is 2.12. The Hall–Kier alpha value is -2.37. The van der Waals surface area contributed by atoms with Crippen molar-refractivity contribution in [1.82, 2.24) is 10.3 Å². The number of anilines is 1. The zero-order valence-corrected chi connectivity index (χ0v) is 13.7. The largest absolute Gasteiger partial charge is 0.444 e. The highest BCUT2D eigenvalue weighted by molar-refractivity contribution is 5.87. The second-order valence-electron chi connectivity index (χ2n) is 5.84. The zero-order valence-electron chi connectivity index (χ0n) is 13.7. The summed E-state index contributed by atoms with van der Waals surface area (Å²) in [5.41, 5.74) is 1.20. The van der Waals surface area contributed by atoms with Gasteiger partial charge in [0.1, 0.15) is 11.4 Å². The smallest absolute Gasteiger partial charge is 0.407 e. The minimum absolute atomic E-state index is 0.156. The maximum Gasteiger partial charge on any atom is 0.407 e. The van der Waals surface area contributed by atoms with E-state index in [0.29, 0.717) is 12.4 Å². The Balaban J connectivity index is 2.53. The normalized spacial score (nSPS) is 11.3. The summed E-state index contributed by atoms with van der Waals surface area (Å²) >= 11 is 0. The standard InChI is InChI=1S/C16H23N3O3/c1-11-13(8-9-14(18-11)19-12(2)20)7-6-10-17-15(21)22-16(3,4)5/h6-9H,10H2,1-5H3,(H,17,21)(H,18,19,20). The molecule has 0 aromatic carbocycles. The molecule has 0 spiro atoms. The van der Waals surface area contributed by atoms with E-state index in [4.69, 9.17) is 4.74 Å². The van der Waals surface area contributed by atoms with Crippen molar-refractivity contribution in [2.75, 3.05) is 11.9 Å². The third-order valence-electron chi connectivity index (χ3n) is 2.49. The quantitative estimate of drug-likeness (QED) is 0.896. The van der Waals surface area contributed by atoms with Crippen LogP contribution in [-0.2, 0) is 9.53 Å². The van der Waals surface area contributed by atoms with E-state index in [0.717, 1.165) is 11.3 Å². The van der Waals surface area contributed by atoms with E-state index in [9.17, 15) is 9.59 Å². The van der Waals surface area contributed by atoms with Gasteiger partial charge in [-0.15, -0.1) is 0 Å². The van der Waals surface area contributed by atoms with E-state index >= 15 is 0 Å². The van der Waals surface area contributed by atoms with Crippen LogP contribution in [0.4, 0.5) is 10.6 Å². The molecule has 0 aliphatic heterocycles. The van der Waals surface area contributed by atoms with E-state index in [1.807, 2.05) is 45.9 Å². The molecule has 6 nitrogen and oxygen atoms in total. The Labute approximate surface area is 131 Å². The lowest BCUT2D eigenvalue weighted by atomic mass is 10.2. The SMILES string of the molecule is CC(=O)Nc1ccc(C=CCNC(=O)OC(C)(C)C)c(C)n1. The Kier molecular flexibility index (Phi) is 6.10. The molecule has 0 aliphatic rings. The van der Waals surface area contributed by atoms with Crippen molar-refractivity contribution < 1.29 is 14.3 Å². The summed E-state index contributed by atoms with van der Waals surface area (Å²) in [6.45, 7) is 9.09. The van der Waals surface area contributed by atoms with Crippen molar-refractivity contribution in [3.8, 4) is 0 Å². The van der Waals surface area contributed by atoms with Crippen LogP contribution in [0.5, 0.6) is 0 Å². The first kappa shape index (κ1) is 17.7. The predicted octanol–water partition coefficient (Wildman–Crippen LogP) is 2.89. The van der Waals surface area contributed by atoms with Gasteiger partial charge >= 0.3 is 6.09 Å². The van der Waals surface area contributed by atoms with Crippen LogP contribution in [0, 0.1) is 6.92 Å². The molecule has 0 saturated heterocycles. The molecule has 120 valence electrons. The zero-order chi connectivity index (χ0) is 16.8. The van der Waals surface area contributed by atoms with E-state index in [-0.39, 0.29) is 5.91 Å². The lowest BCUT2D eigenvalue weighted by Gasteiger charge is -2.19. The van der Waals surface area contributed by atoms with Crippen LogP contribution >= 0.6 is 0 Å². The van der Waals surface area contributed by atoms with E-state index in [1.54, 1.807) is 6.07 Å². The fourth-order valence-electron chi connectivity index (χ4n) is 1.64. The van der Waals surface area contributed by atoms with E-state index < -0.39 is 11.7 Å². The Morgan fingerprint density at radius 1 is 1.32 bits per heavy atom. The van der Waals surface area contributed by atoms with Crippen LogP contribution in [0.25, 0.3) is 6.08 Å². The number of aryl methyl sites for hydroxylation is 1. The lowest BCUT2D eigenvalue weighted by Crippen LogP contribution is -2.32. The fraction of sp³-hybridized carbons (Fsp3) is 0.438. The van der Waals surface area contributed by atoms with Crippen LogP contribution < -0.4 is 10.6 Å². The Morgan fingerprint density at radius 2 is 2.00 bits per heavy atom. The molecule has 0 aliphatic carbocycles. The number of nitrogens with zero attached hydrogens (tertiary/aromatic N) is 1. The number of hydrogen-bond acceptors (Lipinski definition) is 4. The number of aromatic nitrogens is 1. The van der Waals surface area contributed by atoms with E-state index in [1.165, 1.54) is 6.92 Å². The van der Waals surface area contributed by atoms with Crippen molar-refractivity contribution in [1.29, 1.82) is 0 Å². The van der Waals surface area contributed by atoms with Crippen LogP contribution in [-0.4, -0.2) is 29.1 Å². The molecular formula is C16H23N3O3. The third kappa shape index (κ3) is 6.88. The first-order chi connectivity index (χ1) is 10.2. The Bertz CT molecular complexity index is 574. The molecule has 2 N–H and O–H groups in total. The van der Waals surface area contributed by atoms with Gasteiger partial charge in [-0.25, -0.2) is 9.78 Å². The molecule has 2 amide bonds. The number of hydrogen-bond donors (Lipinski definition) is 2. The van der Waals surface area contributed by atoms with Crippen LogP contribution in [0.15, 0.2) is 18.2 Å². The molecule has 1 heterocycles. The topological polar surface area (TPSA) is 80.3 Å². The summed E-state index contributed by atoms with van der Waals surface area (Å²) in [5.74, 6) is 0.366. The number of pyridine rings is 1. The lowest BCUT2D eigenvalue weighted by molar-refractivity contribution is -0.114. The molecule has 0 radical (unpaired) electrons. The third-order valence-corrected chi connectivity index (χ3v) is 2.49. The van der Waals surface area contributed by atoms with Crippen LogP contribution in [0.1, 0.15) is 39.0 Å². The van der Waals surface area contributed by atoms with Crippen molar-refractivity contribution in [2.45, 2.75) is 40.2 Å². The van der Waals surface area contributed by atoms with Gasteiger partial charge < -0.3 is 15.4 Å². The van der Waals surface area contributed by atoms with Gasteiger partial charge in [-0.05, 0) is 45.4 Å².